The van der Waals surface area contributed by atoms with Crippen LogP contribution in [0.25, 0.3) is 0 Å². The zero-order valence-corrected chi connectivity index (χ0v) is 25.5. The molecule has 5 nitrogen and oxygen atoms in total. The molecular weight excluding hydrogens is 484 g/mol. The van der Waals surface area contributed by atoms with Gasteiger partial charge in [-0.05, 0) is 117 Å². The molecule has 1 amide bonds. The molecule has 0 bridgehead atoms. The minimum atomic E-state index is -0.405. The van der Waals surface area contributed by atoms with Gasteiger partial charge in [-0.15, -0.1) is 0 Å². The number of piperazine rings is 1. The molecule has 6 fully saturated rings. The molecule has 1 saturated heterocycles. The molecule has 0 aromatic carbocycles. The average Bonchev–Trinajstić information content (AvgIpc) is 3.33. The lowest BCUT2D eigenvalue weighted by atomic mass is 9.32. The van der Waals surface area contributed by atoms with Gasteiger partial charge in [0.1, 0.15) is 0 Å². The normalized spacial score (nSPS) is 53.3. The molecule has 0 aromatic heterocycles. The molecule has 5 heteroatoms. The van der Waals surface area contributed by atoms with Crippen molar-refractivity contribution in [1.29, 1.82) is 0 Å². The molecule has 220 valence electrons. The van der Waals surface area contributed by atoms with Crippen molar-refractivity contribution in [1.82, 2.24) is 10.2 Å². The summed E-state index contributed by atoms with van der Waals surface area (Å²) in [4.78, 5) is 16.7. The van der Waals surface area contributed by atoms with Gasteiger partial charge >= 0.3 is 0 Å². The first-order valence-corrected chi connectivity index (χ1v) is 16.3. The van der Waals surface area contributed by atoms with Gasteiger partial charge in [0.2, 0.25) is 5.91 Å². The Kier molecular flexibility index (Phi) is 6.73. The number of aliphatic hydroxyl groups is 2. The quantitative estimate of drug-likeness (QED) is 0.419. The smallest absolute Gasteiger partial charge is 0.229 e. The predicted molar refractivity (Wildman–Crippen MR) is 156 cm³/mol. The van der Waals surface area contributed by atoms with Gasteiger partial charge in [0.15, 0.2) is 0 Å². The Labute approximate surface area is 237 Å². The van der Waals surface area contributed by atoms with Crippen LogP contribution in [-0.4, -0.2) is 59.9 Å². The van der Waals surface area contributed by atoms with Crippen molar-refractivity contribution in [2.24, 2.45) is 56.7 Å². The topological polar surface area (TPSA) is 72.8 Å². The van der Waals surface area contributed by atoms with Gasteiger partial charge in [-0.3, -0.25) is 4.79 Å². The summed E-state index contributed by atoms with van der Waals surface area (Å²) in [5.41, 5.74) is 1.24. The number of allylic oxidation sites excluding steroid dienone is 1. The van der Waals surface area contributed by atoms with Crippen LogP contribution < -0.4 is 5.32 Å². The highest BCUT2D eigenvalue weighted by molar-refractivity contribution is 5.84. The maximum Gasteiger partial charge on any atom is 0.229 e. The van der Waals surface area contributed by atoms with E-state index in [-0.39, 0.29) is 28.3 Å². The lowest BCUT2D eigenvalue weighted by Crippen LogP contribution is -2.68. The standard InChI is InChI=1S/C34H56N2O3/c1-22(2)23-9-14-34(29(39)36-19-17-35-18-20-36)16-15-32(5)24(28(23)34)7-8-26-30(3)12-11-27(38)31(4,21-37)25(30)10-13-33(26,32)6/h23-28,35,37-38H,1,7-21H2,2-6H3/t23-,24+,25+,26+,27-,28+,30-,31-,32+,33+,34-/m0/s1. The Morgan fingerprint density at radius 2 is 1.62 bits per heavy atom. The number of hydrogen-bond donors (Lipinski definition) is 3. The first-order valence-electron chi connectivity index (χ1n) is 16.3. The van der Waals surface area contributed by atoms with E-state index in [1.165, 1.54) is 24.8 Å². The number of carbonyl (C=O) groups excluding carboxylic acids is 1. The summed E-state index contributed by atoms with van der Waals surface area (Å²) in [7, 11) is 0. The maximum atomic E-state index is 14.5. The fourth-order valence-corrected chi connectivity index (χ4v) is 12.7. The first kappa shape index (κ1) is 28.2. The molecule has 1 heterocycles. The number of hydrogen-bond acceptors (Lipinski definition) is 4. The van der Waals surface area contributed by atoms with E-state index in [0.29, 0.717) is 35.5 Å². The van der Waals surface area contributed by atoms with E-state index >= 15 is 0 Å². The Morgan fingerprint density at radius 1 is 0.897 bits per heavy atom. The van der Waals surface area contributed by atoms with Crippen molar-refractivity contribution in [2.45, 2.75) is 105 Å². The molecule has 6 aliphatic rings. The first-order chi connectivity index (χ1) is 18.4. The Morgan fingerprint density at radius 3 is 2.28 bits per heavy atom. The highest BCUT2D eigenvalue weighted by atomic mass is 16.3. The predicted octanol–water partition coefficient (Wildman–Crippen LogP) is 5.41. The van der Waals surface area contributed by atoms with Crippen molar-refractivity contribution in [2.75, 3.05) is 32.8 Å². The summed E-state index contributed by atoms with van der Waals surface area (Å²) in [6.07, 6.45) is 10.5. The summed E-state index contributed by atoms with van der Waals surface area (Å²) >= 11 is 0. The Balaban J connectivity index is 1.38. The van der Waals surface area contributed by atoms with Crippen LogP contribution in [0, 0.1) is 56.7 Å². The molecule has 5 saturated carbocycles. The monoisotopic (exact) mass is 540 g/mol. The molecular formula is C34H56N2O3. The van der Waals surface area contributed by atoms with Gasteiger partial charge in [0.05, 0.1) is 18.1 Å². The summed E-state index contributed by atoms with van der Waals surface area (Å²) in [6.45, 7) is 20.3. The maximum absolute atomic E-state index is 14.5. The van der Waals surface area contributed by atoms with Crippen LogP contribution in [0.1, 0.15) is 98.8 Å². The van der Waals surface area contributed by atoms with E-state index in [2.05, 4.69) is 51.4 Å². The van der Waals surface area contributed by atoms with Gasteiger partial charge in [-0.2, -0.15) is 0 Å². The van der Waals surface area contributed by atoms with Crippen molar-refractivity contribution in [3.05, 3.63) is 12.2 Å². The van der Waals surface area contributed by atoms with E-state index < -0.39 is 11.5 Å². The molecule has 11 atom stereocenters. The van der Waals surface area contributed by atoms with E-state index in [0.717, 1.165) is 71.1 Å². The van der Waals surface area contributed by atoms with Crippen LogP contribution in [0.3, 0.4) is 0 Å². The fourth-order valence-electron chi connectivity index (χ4n) is 12.7. The number of amides is 1. The number of fused-ring (bicyclic) bond motifs is 7. The van der Waals surface area contributed by atoms with Crippen molar-refractivity contribution >= 4 is 5.91 Å². The van der Waals surface area contributed by atoms with E-state index in [1.807, 2.05) is 0 Å². The van der Waals surface area contributed by atoms with Crippen molar-refractivity contribution in [3.8, 4) is 0 Å². The second kappa shape index (κ2) is 9.30. The zero-order chi connectivity index (χ0) is 28.0. The number of rotatable bonds is 3. The number of nitrogens with zero attached hydrogens (tertiary/aromatic N) is 1. The van der Waals surface area contributed by atoms with E-state index in [4.69, 9.17) is 0 Å². The van der Waals surface area contributed by atoms with Crippen LogP contribution in [0.2, 0.25) is 0 Å². The largest absolute Gasteiger partial charge is 0.396 e. The number of aliphatic hydroxyl groups excluding tert-OH is 2. The molecule has 0 radical (unpaired) electrons. The van der Waals surface area contributed by atoms with Gasteiger partial charge < -0.3 is 20.4 Å². The Hall–Kier alpha value is -0.910. The van der Waals surface area contributed by atoms with Gasteiger partial charge in [-0.25, -0.2) is 0 Å². The van der Waals surface area contributed by atoms with Gasteiger partial charge in [0.25, 0.3) is 0 Å². The van der Waals surface area contributed by atoms with Crippen LogP contribution >= 0.6 is 0 Å². The molecule has 1 aliphatic heterocycles. The van der Waals surface area contributed by atoms with Gasteiger partial charge in [0, 0.05) is 31.6 Å². The summed E-state index contributed by atoms with van der Waals surface area (Å²) in [6, 6.07) is 0. The third-order valence-corrected chi connectivity index (χ3v) is 15.0. The highest BCUT2D eigenvalue weighted by Crippen LogP contribution is 2.77. The molecule has 0 spiro atoms. The Bertz CT molecular complexity index is 1010. The second-order valence-corrected chi connectivity index (χ2v) is 16.1. The lowest BCUT2D eigenvalue weighted by molar-refractivity contribution is -0.253. The number of carbonyl (C=O) groups is 1. The molecule has 0 unspecified atom stereocenters. The summed E-state index contributed by atoms with van der Waals surface area (Å²) < 4.78 is 0. The van der Waals surface area contributed by atoms with Crippen LogP contribution in [-0.2, 0) is 4.79 Å². The molecule has 5 aliphatic carbocycles. The highest BCUT2D eigenvalue weighted by Gasteiger charge is 2.72. The molecule has 39 heavy (non-hydrogen) atoms. The van der Waals surface area contributed by atoms with Crippen LogP contribution in [0.15, 0.2) is 12.2 Å². The van der Waals surface area contributed by atoms with E-state index in [9.17, 15) is 15.0 Å². The lowest BCUT2D eigenvalue weighted by Gasteiger charge is -2.73. The summed E-state index contributed by atoms with van der Waals surface area (Å²) in [5, 5.41) is 25.0. The minimum absolute atomic E-state index is 0.0801. The molecule has 6 rings (SSSR count). The van der Waals surface area contributed by atoms with Crippen molar-refractivity contribution < 1.29 is 15.0 Å². The number of nitrogens with one attached hydrogen (secondary N) is 1. The molecule has 0 aromatic rings. The third kappa shape index (κ3) is 3.57. The van der Waals surface area contributed by atoms with Crippen LogP contribution in [0.4, 0.5) is 0 Å². The second-order valence-electron chi connectivity index (χ2n) is 16.1. The minimum Gasteiger partial charge on any atom is -0.396 e. The van der Waals surface area contributed by atoms with Crippen LogP contribution in [0.5, 0.6) is 0 Å². The zero-order valence-electron chi connectivity index (χ0n) is 25.5. The fraction of sp³-hybridized carbons (Fsp3) is 0.912. The van der Waals surface area contributed by atoms with E-state index in [1.54, 1.807) is 0 Å². The third-order valence-electron chi connectivity index (χ3n) is 15.0. The SMILES string of the molecule is C=C(C)[C@@H]1CC[C@]2(C(=O)N3CCNCC3)CC[C@]3(C)[C@H](CC[C@@H]4[C@@]5(C)CC[C@H](O)[C@@](C)(CO)[C@@H]5CC[C@]43C)[C@@H]12. The average molecular weight is 541 g/mol. The summed E-state index contributed by atoms with van der Waals surface area (Å²) in [5.74, 6) is 2.85. The van der Waals surface area contributed by atoms with Crippen molar-refractivity contribution in [3.63, 3.8) is 0 Å². The molecule has 3 N–H and O–H groups in total. The van der Waals surface area contributed by atoms with Gasteiger partial charge in [-0.1, -0.05) is 39.8 Å².